The van der Waals surface area contributed by atoms with Gasteiger partial charge in [-0.3, -0.25) is 4.90 Å². The molecule has 1 N–H and O–H groups in total. The third-order valence-electron chi connectivity index (χ3n) is 3.67. The lowest BCUT2D eigenvalue weighted by molar-refractivity contribution is 0.0852. The Morgan fingerprint density at radius 3 is 2.73 bits per heavy atom. The van der Waals surface area contributed by atoms with Gasteiger partial charge in [0.2, 0.25) is 0 Å². The summed E-state index contributed by atoms with van der Waals surface area (Å²) in [5, 5.41) is 3.58. The van der Waals surface area contributed by atoms with Crippen LogP contribution in [0.25, 0.3) is 0 Å². The van der Waals surface area contributed by atoms with E-state index in [2.05, 4.69) is 37.9 Å². The summed E-state index contributed by atoms with van der Waals surface area (Å²) < 4.78 is 0. The molecular weight excluding hydrogens is 184 g/mol. The summed E-state index contributed by atoms with van der Waals surface area (Å²) in [5.41, 5.74) is 0. The Balaban J connectivity index is 2.46. The van der Waals surface area contributed by atoms with Crippen molar-refractivity contribution in [2.45, 2.75) is 71.5 Å². The highest BCUT2D eigenvalue weighted by Gasteiger charge is 2.27. The Morgan fingerprint density at radius 2 is 2.13 bits per heavy atom. The predicted octanol–water partition coefficient (Wildman–Crippen LogP) is 2.64. The molecule has 0 saturated carbocycles. The third kappa shape index (κ3) is 3.76. The Labute approximate surface area is 95.4 Å². The maximum absolute atomic E-state index is 3.58. The highest BCUT2D eigenvalue weighted by Crippen LogP contribution is 2.17. The minimum atomic E-state index is 0.664. The molecule has 0 bridgehead atoms. The summed E-state index contributed by atoms with van der Waals surface area (Å²) in [4.78, 5) is 2.72. The standard InChI is InChI=1S/C13H28N2/c1-5-7-8-12(4)15-10-11(3)14-9-13(15)6-2/h11-14H,5-10H2,1-4H3. The molecule has 3 unspecified atom stereocenters. The van der Waals surface area contributed by atoms with Gasteiger partial charge in [0.25, 0.3) is 0 Å². The van der Waals surface area contributed by atoms with Crippen LogP contribution in [0.3, 0.4) is 0 Å². The lowest BCUT2D eigenvalue weighted by Gasteiger charge is -2.42. The lowest BCUT2D eigenvalue weighted by atomic mass is 10.0. The smallest absolute Gasteiger partial charge is 0.0221 e. The van der Waals surface area contributed by atoms with Crippen LogP contribution < -0.4 is 5.32 Å². The maximum Gasteiger partial charge on any atom is 0.0221 e. The lowest BCUT2D eigenvalue weighted by Crippen LogP contribution is -2.57. The fourth-order valence-electron chi connectivity index (χ4n) is 2.57. The quantitative estimate of drug-likeness (QED) is 0.753. The van der Waals surface area contributed by atoms with Gasteiger partial charge in [0.05, 0.1) is 0 Å². The molecule has 0 spiro atoms. The van der Waals surface area contributed by atoms with Crippen LogP contribution in [0.4, 0.5) is 0 Å². The average molecular weight is 212 g/mol. The van der Waals surface area contributed by atoms with Crippen LogP contribution in [0.15, 0.2) is 0 Å². The first-order valence-electron chi connectivity index (χ1n) is 6.68. The largest absolute Gasteiger partial charge is 0.311 e. The van der Waals surface area contributed by atoms with E-state index in [9.17, 15) is 0 Å². The Bertz CT molecular complexity index is 170. The van der Waals surface area contributed by atoms with Crippen LogP contribution in [0.1, 0.15) is 53.4 Å². The van der Waals surface area contributed by atoms with E-state index in [-0.39, 0.29) is 0 Å². The number of nitrogens with one attached hydrogen (secondary N) is 1. The first-order chi connectivity index (χ1) is 7.19. The first-order valence-corrected chi connectivity index (χ1v) is 6.68. The Kier molecular flexibility index (Phi) is 5.62. The molecule has 15 heavy (non-hydrogen) atoms. The molecule has 0 amide bonds. The molecule has 1 rings (SSSR count). The molecule has 1 saturated heterocycles. The molecule has 1 aliphatic heterocycles. The summed E-state index contributed by atoms with van der Waals surface area (Å²) in [5.74, 6) is 0. The highest BCUT2D eigenvalue weighted by atomic mass is 15.2. The predicted molar refractivity (Wildman–Crippen MR) is 67.2 cm³/mol. The molecule has 0 radical (unpaired) electrons. The van der Waals surface area contributed by atoms with Crippen molar-refractivity contribution in [1.82, 2.24) is 10.2 Å². The van der Waals surface area contributed by atoms with Crippen molar-refractivity contribution in [1.29, 1.82) is 0 Å². The van der Waals surface area contributed by atoms with E-state index in [0.717, 1.165) is 12.1 Å². The zero-order valence-electron chi connectivity index (χ0n) is 10.9. The van der Waals surface area contributed by atoms with Crippen molar-refractivity contribution in [3.8, 4) is 0 Å². The van der Waals surface area contributed by atoms with Crippen LogP contribution in [0, 0.1) is 0 Å². The number of hydrogen-bond acceptors (Lipinski definition) is 2. The van der Waals surface area contributed by atoms with Gasteiger partial charge in [-0.1, -0.05) is 26.7 Å². The van der Waals surface area contributed by atoms with Gasteiger partial charge in [-0.25, -0.2) is 0 Å². The molecule has 0 aliphatic carbocycles. The highest BCUT2D eigenvalue weighted by molar-refractivity contribution is 4.86. The molecule has 1 heterocycles. The molecule has 3 atom stereocenters. The molecule has 1 fully saturated rings. The van der Waals surface area contributed by atoms with Crippen molar-refractivity contribution < 1.29 is 0 Å². The fraction of sp³-hybridized carbons (Fsp3) is 1.00. The zero-order valence-corrected chi connectivity index (χ0v) is 10.9. The van der Waals surface area contributed by atoms with Gasteiger partial charge in [-0.05, 0) is 26.7 Å². The van der Waals surface area contributed by atoms with Crippen molar-refractivity contribution in [2.24, 2.45) is 0 Å². The number of unbranched alkanes of at least 4 members (excludes halogenated alkanes) is 1. The molecular formula is C13H28N2. The fourth-order valence-corrected chi connectivity index (χ4v) is 2.57. The van der Waals surface area contributed by atoms with Crippen LogP contribution in [0.2, 0.25) is 0 Å². The molecule has 1 aliphatic rings. The number of hydrogen-bond donors (Lipinski definition) is 1. The molecule has 0 aromatic heterocycles. The number of rotatable bonds is 5. The molecule has 0 aromatic rings. The normalized spacial score (nSPS) is 30.4. The van der Waals surface area contributed by atoms with Crippen LogP contribution in [-0.2, 0) is 0 Å². The van der Waals surface area contributed by atoms with Crippen LogP contribution >= 0.6 is 0 Å². The van der Waals surface area contributed by atoms with Gasteiger partial charge in [-0.15, -0.1) is 0 Å². The summed E-state index contributed by atoms with van der Waals surface area (Å²) in [6, 6.07) is 2.18. The second-order valence-corrected chi connectivity index (χ2v) is 5.06. The Morgan fingerprint density at radius 1 is 1.40 bits per heavy atom. The second-order valence-electron chi connectivity index (χ2n) is 5.06. The average Bonchev–Trinajstić information content (AvgIpc) is 2.25. The minimum Gasteiger partial charge on any atom is -0.311 e. The van der Waals surface area contributed by atoms with E-state index in [4.69, 9.17) is 0 Å². The van der Waals surface area contributed by atoms with E-state index < -0.39 is 0 Å². The topological polar surface area (TPSA) is 15.3 Å². The monoisotopic (exact) mass is 212 g/mol. The van der Waals surface area contributed by atoms with Gasteiger partial charge in [0, 0.05) is 31.2 Å². The second kappa shape index (κ2) is 6.49. The summed E-state index contributed by atoms with van der Waals surface area (Å²) in [7, 11) is 0. The maximum atomic E-state index is 3.58. The summed E-state index contributed by atoms with van der Waals surface area (Å²) in [6.45, 7) is 11.7. The summed E-state index contributed by atoms with van der Waals surface area (Å²) >= 11 is 0. The van der Waals surface area contributed by atoms with Crippen LogP contribution in [-0.4, -0.2) is 36.1 Å². The van der Waals surface area contributed by atoms with Crippen molar-refractivity contribution >= 4 is 0 Å². The van der Waals surface area contributed by atoms with Gasteiger partial charge in [0.1, 0.15) is 0 Å². The van der Waals surface area contributed by atoms with Crippen LogP contribution in [0.5, 0.6) is 0 Å². The molecule has 90 valence electrons. The summed E-state index contributed by atoms with van der Waals surface area (Å²) in [6.07, 6.45) is 5.33. The third-order valence-corrected chi connectivity index (χ3v) is 3.67. The SMILES string of the molecule is CCCCC(C)N1CC(C)NCC1CC. The van der Waals surface area contributed by atoms with Crippen molar-refractivity contribution in [3.63, 3.8) is 0 Å². The minimum absolute atomic E-state index is 0.664. The Hall–Kier alpha value is -0.0800. The molecule has 2 nitrogen and oxygen atoms in total. The van der Waals surface area contributed by atoms with E-state index in [1.807, 2.05) is 0 Å². The van der Waals surface area contributed by atoms with E-state index >= 15 is 0 Å². The first kappa shape index (κ1) is 13.0. The van der Waals surface area contributed by atoms with E-state index in [1.54, 1.807) is 0 Å². The van der Waals surface area contributed by atoms with Crippen molar-refractivity contribution in [3.05, 3.63) is 0 Å². The molecule has 2 heteroatoms. The number of nitrogens with zero attached hydrogens (tertiary/aromatic N) is 1. The van der Waals surface area contributed by atoms with E-state index in [1.165, 1.54) is 38.8 Å². The van der Waals surface area contributed by atoms with Gasteiger partial charge in [0.15, 0.2) is 0 Å². The number of piperazine rings is 1. The van der Waals surface area contributed by atoms with Gasteiger partial charge < -0.3 is 5.32 Å². The van der Waals surface area contributed by atoms with Gasteiger partial charge >= 0.3 is 0 Å². The van der Waals surface area contributed by atoms with Crippen molar-refractivity contribution in [2.75, 3.05) is 13.1 Å². The van der Waals surface area contributed by atoms with E-state index in [0.29, 0.717) is 6.04 Å². The zero-order chi connectivity index (χ0) is 11.3. The van der Waals surface area contributed by atoms with Gasteiger partial charge in [-0.2, -0.15) is 0 Å². The molecule has 0 aromatic carbocycles.